The van der Waals surface area contributed by atoms with Gasteiger partial charge in [0.2, 0.25) is 17.7 Å². The molecule has 27 heteroatoms. The molecule has 3 N–H and O–H groups in total. The molecule has 1 aromatic carbocycles. The zero-order valence-corrected chi connectivity index (χ0v) is 49.6. The number of likely N-dealkylation sites (N-methyl/N-ethyl adjacent to an activating group) is 1. The van der Waals surface area contributed by atoms with Gasteiger partial charge < -0.3 is 48.2 Å². The lowest BCUT2D eigenvalue weighted by atomic mass is 9.83. The first kappa shape index (κ1) is 63.9. The Labute approximate surface area is 483 Å². The van der Waals surface area contributed by atoms with Gasteiger partial charge in [0.1, 0.15) is 46.4 Å². The van der Waals surface area contributed by atoms with E-state index < -0.39 is 88.2 Å². The number of anilines is 1. The highest BCUT2D eigenvalue weighted by Gasteiger charge is 2.64. The minimum atomic E-state index is -1.88. The molecular weight excluding hydrogens is 1120 g/mol. The summed E-state index contributed by atoms with van der Waals surface area (Å²) in [6.45, 7) is 12.3. The fourth-order valence-corrected chi connectivity index (χ4v) is 12.0. The van der Waals surface area contributed by atoms with Gasteiger partial charge in [0.25, 0.3) is 11.8 Å². The van der Waals surface area contributed by atoms with E-state index in [1.165, 1.54) is 72.0 Å². The maximum Gasteiger partial charge on any atom is 0.409 e. The van der Waals surface area contributed by atoms with Crippen LogP contribution in [0.25, 0.3) is 0 Å². The monoisotopic (exact) mass is 1190 g/mol. The molecule has 24 nitrogen and oxygen atoms in total. The molecule has 4 aliphatic rings. The third-order valence-corrected chi connectivity index (χ3v) is 17.8. The van der Waals surface area contributed by atoms with Crippen LogP contribution in [0.15, 0.2) is 53.4 Å². The molecule has 4 bridgehead atoms. The second-order valence-corrected chi connectivity index (χ2v) is 24.5. The van der Waals surface area contributed by atoms with E-state index in [1.807, 2.05) is 26.8 Å². The Morgan fingerprint density at radius 2 is 1.78 bits per heavy atom. The molecule has 3 saturated heterocycles. The van der Waals surface area contributed by atoms with Gasteiger partial charge in [-0.25, -0.2) is 29.8 Å². The second kappa shape index (κ2) is 27.6. The first-order valence-corrected chi connectivity index (χ1v) is 28.9. The molecule has 8 atom stereocenters. The number of hydrogen-bond donors (Lipinski definition) is 3. The van der Waals surface area contributed by atoms with E-state index >= 15 is 0 Å². The summed E-state index contributed by atoms with van der Waals surface area (Å²) in [6, 6.07) is 2.43. The van der Waals surface area contributed by atoms with Crippen LogP contribution in [0.3, 0.4) is 0 Å². The van der Waals surface area contributed by atoms with Gasteiger partial charge in [-0.3, -0.25) is 29.3 Å². The van der Waals surface area contributed by atoms with E-state index in [2.05, 4.69) is 25.8 Å². The van der Waals surface area contributed by atoms with E-state index in [0.29, 0.717) is 40.1 Å². The Balaban J connectivity index is 1.02. The van der Waals surface area contributed by atoms with Gasteiger partial charge >= 0.3 is 18.0 Å². The summed E-state index contributed by atoms with van der Waals surface area (Å²) in [6.07, 6.45) is 3.50. The molecule has 81 heavy (non-hydrogen) atoms. The molecule has 2 aromatic rings. The lowest BCUT2D eigenvalue weighted by molar-refractivity contribution is -0.197. The number of epoxide rings is 1. The van der Waals surface area contributed by atoms with E-state index in [0.717, 1.165) is 11.1 Å². The summed E-state index contributed by atoms with van der Waals surface area (Å²) in [4.78, 5) is 119. The normalized spacial score (nSPS) is 25.8. The van der Waals surface area contributed by atoms with Crippen molar-refractivity contribution >= 4 is 92.2 Å². The summed E-state index contributed by atoms with van der Waals surface area (Å²) < 4.78 is 34.5. The SMILES string of the molecule is COc1cc2cc(c1Cl)N(C)C(=O)C[C@H](OC(=O)[C@H](C)N(C)C(=O)CCSSC(C)(C)CC(=O)N/N=C(\C)c1ncc(OCCCC(=O)ON3C(=O)CCC3=O)cn1)C1(C)O[C@H]1[C@H](C)[C@@H]1C[C@@](O)(NC(=O)O1)[C@H](OC)/C=C/C=C(\C)C2. The summed E-state index contributed by atoms with van der Waals surface area (Å²) in [5.74, 6) is -3.26. The molecule has 1 unspecified atom stereocenters. The molecule has 0 radical (unpaired) electrons. The number of halogens is 1. The predicted molar refractivity (Wildman–Crippen MR) is 299 cm³/mol. The number of hydrogen-bond acceptors (Lipinski definition) is 21. The molecule has 3 fully saturated rings. The molecule has 0 saturated carbocycles. The van der Waals surface area contributed by atoms with Gasteiger partial charge in [-0.2, -0.15) is 5.10 Å². The largest absolute Gasteiger partial charge is 0.495 e. The summed E-state index contributed by atoms with van der Waals surface area (Å²) >= 11 is 6.83. The molecule has 442 valence electrons. The van der Waals surface area contributed by atoms with Crippen molar-refractivity contribution in [2.75, 3.05) is 45.6 Å². The number of methoxy groups -OCH3 is 2. The maximum atomic E-state index is 14.4. The number of imide groups is 1. The number of nitrogens with one attached hydrogen (secondary N) is 2. The Morgan fingerprint density at radius 1 is 1.09 bits per heavy atom. The van der Waals surface area contributed by atoms with E-state index in [-0.39, 0.29) is 80.6 Å². The van der Waals surface area contributed by atoms with Crippen LogP contribution in [-0.4, -0.2) is 166 Å². The molecule has 0 spiro atoms. The minimum Gasteiger partial charge on any atom is -0.495 e. The van der Waals surface area contributed by atoms with Gasteiger partial charge in [-0.1, -0.05) is 63.9 Å². The standard InChI is InChI=1S/C54H71ClN8O16S2/c1-30-14-12-15-39(74-11)54(72)26-38(76-51(71)58-54)31(2)48-53(7,78-48)40(25-45(68)62(9)36-23-34(22-30)24-37(73-10)47(36)55)77-50(70)33(4)61(8)42(65)19-21-80-81-52(5,6)27-41(64)60-59-32(3)49-56-28-35(29-57-49)75-20-13-16-46(69)79-63-43(66)17-18-44(63)67/h12,14-15,23-24,28-29,31,33,38-40,48,72H,13,16-22,25-27H2,1-11H3,(H,58,71)(H,60,64)/b15-12+,30-14+,59-32+/t31-,33+,38+,39-,40+,48+,53?,54+/m1/s1. The third-order valence-electron chi connectivity index (χ3n) is 14.1. The molecule has 0 aliphatic carbocycles. The number of carbonyl (C=O) groups excluding carboxylic acids is 8. The number of alkyl carbamates (subject to hydrolysis) is 1. The van der Waals surface area contributed by atoms with Crippen molar-refractivity contribution in [3.8, 4) is 11.5 Å². The van der Waals surface area contributed by atoms with Crippen LogP contribution in [0.2, 0.25) is 5.02 Å². The highest BCUT2D eigenvalue weighted by atomic mass is 35.5. The van der Waals surface area contributed by atoms with Gasteiger partial charge in [-0.15, -0.1) is 5.06 Å². The van der Waals surface area contributed by atoms with Crippen LogP contribution in [0.4, 0.5) is 10.5 Å². The number of amides is 6. The zero-order valence-electron chi connectivity index (χ0n) is 47.2. The van der Waals surface area contributed by atoms with Crippen molar-refractivity contribution in [3.05, 3.63) is 64.7 Å². The number of fused-ring (bicyclic) bond motifs is 5. The quantitative estimate of drug-likeness (QED) is 0.0278. The molecule has 4 aliphatic heterocycles. The molecule has 6 amide bonds. The van der Waals surface area contributed by atoms with Crippen LogP contribution < -0.4 is 25.1 Å². The third kappa shape index (κ3) is 16.7. The first-order chi connectivity index (χ1) is 38.2. The zero-order chi connectivity index (χ0) is 59.6. The number of hydroxylamine groups is 2. The van der Waals surface area contributed by atoms with Crippen LogP contribution >= 0.6 is 33.2 Å². The molecule has 5 heterocycles. The smallest absolute Gasteiger partial charge is 0.409 e. The predicted octanol–water partition coefficient (Wildman–Crippen LogP) is 5.55. The molecule has 6 rings (SSSR count). The van der Waals surface area contributed by atoms with Crippen LogP contribution in [-0.2, 0) is 63.8 Å². The van der Waals surface area contributed by atoms with Crippen molar-refractivity contribution in [1.82, 2.24) is 30.7 Å². The summed E-state index contributed by atoms with van der Waals surface area (Å²) in [5.41, 5.74) is 1.68. The Hall–Kier alpha value is -6.32. The number of aliphatic hydroxyl groups is 1. The topological polar surface area (TPSA) is 297 Å². The lowest BCUT2D eigenvalue weighted by Gasteiger charge is -2.42. The number of carbonyl (C=O) groups is 8. The molecular formula is C54H71ClN8O16S2. The summed E-state index contributed by atoms with van der Waals surface area (Å²) in [7, 11) is 8.70. The first-order valence-electron chi connectivity index (χ1n) is 26.2. The van der Waals surface area contributed by atoms with Gasteiger partial charge in [0, 0.05) is 69.7 Å². The lowest BCUT2D eigenvalue weighted by Crippen LogP contribution is -2.63. The maximum absolute atomic E-state index is 14.4. The average Bonchev–Trinajstić information content (AvgIpc) is 4.01. The number of allylic oxidation sites excluding steroid dienone is 3. The van der Waals surface area contributed by atoms with Gasteiger partial charge in [-0.05, 0) is 72.1 Å². The van der Waals surface area contributed by atoms with E-state index in [1.54, 1.807) is 52.1 Å². The Kier molecular flexibility index (Phi) is 21.8. The fraction of sp³-hybridized carbons (Fsp3) is 0.574. The highest BCUT2D eigenvalue weighted by molar-refractivity contribution is 8.77. The molecule has 1 aromatic heterocycles. The number of hydrazone groups is 1. The van der Waals surface area contributed by atoms with Crippen molar-refractivity contribution < 1.29 is 76.7 Å². The van der Waals surface area contributed by atoms with E-state index in [4.69, 9.17) is 44.9 Å². The van der Waals surface area contributed by atoms with Gasteiger partial charge in [0.05, 0.1) is 50.7 Å². The summed E-state index contributed by atoms with van der Waals surface area (Å²) in [5, 5.41) is 19.2. The number of nitrogens with zero attached hydrogens (tertiary/aromatic N) is 6. The second-order valence-electron chi connectivity index (χ2n) is 21.0. The number of esters is 1. The highest BCUT2D eigenvalue weighted by Crippen LogP contribution is 2.49. The Bertz CT molecular complexity index is 2790. The Morgan fingerprint density at radius 3 is 2.44 bits per heavy atom. The average molecular weight is 1190 g/mol. The number of ether oxygens (including phenoxy) is 6. The van der Waals surface area contributed by atoms with Crippen LogP contribution in [0.5, 0.6) is 11.5 Å². The van der Waals surface area contributed by atoms with Crippen LogP contribution in [0, 0.1) is 5.92 Å². The van der Waals surface area contributed by atoms with Gasteiger partial charge in [0.15, 0.2) is 17.3 Å². The fourth-order valence-electron chi connectivity index (χ4n) is 9.17. The number of benzene rings is 1. The number of rotatable bonds is 20. The van der Waals surface area contributed by atoms with Crippen molar-refractivity contribution in [1.29, 1.82) is 0 Å². The van der Waals surface area contributed by atoms with Crippen molar-refractivity contribution in [2.24, 2.45) is 11.0 Å². The van der Waals surface area contributed by atoms with Crippen molar-refractivity contribution in [3.63, 3.8) is 0 Å². The van der Waals surface area contributed by atoms with Crippen LogP contribution in [0.1, 0.15) is 111 Å². The number of aromatic nitrogens is 2. The minimum absolute atomic E-state index is 0.00569. The van der Waals surface area contributed by atoms with Crippen molar-refractivity contribution in [2.45, 2.75) is 153 Å². The van der Waals surface area contributed by atoms with E-state index in [9.17, 15) is 43.5 Å².